The van der Waals surface area contributed by atoms with Crippen LogP contribution in [0.3, 0.4) is 0 Å². The van der Waals surface area contributed by atoms with E-state index in [1.54, 1.807) is 11.3 Å². The van der Waals surface area contributed by atoms with Crippen molar-refractivity contribution in [2.75, 3.05) is 6.54 Å². The van der Waals surface area contributed by atoms with Crippen molar-refractivity contribution >= 4 is 11.3 Å². The summed E-state index contributed by atoms with van der Waals surface area (Å²) < 4.78 is 0. The third-order valence-corrected chi connectivity index (χ3v) is 5.20. The van der Waals surface area contributed by atoms with E-state index in [0.717, 1.165) is 18.7 Å². The first kappa shape index (κ1) is 13.8. The molecule has 3 rings (SSSR count). The fourth-order valence-electron chi connectivity index (χ4n) is 2.68. The number of thiazole rings is 1. The van der Waals surface area contributed by atoms with Gasteiger partial charge in [0.1, 0.15) is 0 Å². The summed E-state index contributed by atoms with van der Waals surface area (Å²) in [5.41, 5.74) is 2.82. The molecule has 0 radical (unpaired) electrons. The molecular weight excluding hydrogens is 264 g/mol. The summed E-state index contributed by atoms with van der Waals surface area (Å²) in [6.45, 7) is 5.62. The Hall–Kier alpha value is -1.19. The lowest BCUT2D eigenvalue weighted by Gasteiger charge is -2.23. The number of nitrogens with one attached hydrogen (secondary N) is 1. The summed E-state index contributed by atoms with van der Waals surface area (Å²) in [6, 6.07) is 11.0. The Bertz CT molecular complexity index is 557. The maximum atomic E-state index is 4.82. The zero-order chi connectivity index (χ0) is 14.0. The molecule has 1 N–H and O–H groups in total. The van der Waals surface area contributed by atoms with Crippen molar-refractivity contribution in [1.29, 1.82) is 0 Å². The molecule has 1 heterocycles. The second-order valence-corrected chi connectivity index (χ2v) is 6.90. The van der Waals surface area contributed by atoms with Gasteiger partial charge in [0.05, 0.1) is 10.7 Å². The maximum Gasteiger partial charge on any atom is 0.0948 e. The Morgan fingerprint density at radius 3 is 2.70 bits per heavy atom. The molecule has 0 bridgehead atoms. The minimum atomic E-state index is 0.495. The van der Waals surface area contributed by atoms with Crippen LogP contribution >= 0.6 is 11.3 Å². The van der Waals surface area contributed by atoms with E-state index in [4.69, 9.17) is 4.98 Å². The van der Waals surface area contributed by atoms with Gasteiger partial charge in [-0.15, -0.1) is 11.3 Å². The van der Waals surface area contributed by atoms with E-state index in [-0.39, 0.29) is 0 Å². The first-order valence-electron chi connectivity index (χ1n) is 7.44. The third-order valence-electron chi connectivity index (χ3n) is 4.33. The van der Waals surface area contributed by atoms with Gasteiger partial charge < -0.3 is 5.32 Å². The number of aromatic nitrogens is 1. The molecule has 3 heteroatoms. The summed E-state index contributed by atoms with van der Waals surface area (Å²) in [5, 5.41) is 7.09. The smallest absolute Gasteiger partial charge is 0.0948 e. The van der Waals surface area contributed by atoms with E-state index >= 15 is 0 Å². The quantitative estimate of drug-likeness (QED) is 0.863. The summed E-state index contributed by atoms with van der Waals surface area (Å²) in [7, 11) is 0. The molecule has 0 amide bonds. The number of hydrogen-bond acceptors (Lipinski definition) is 3. The first-order chi connectivity index (χ1) is 9.71. The van der Waals surface area contributed by atoms with Gasteiger partial charge in [0.15, 0.2) is 0 Å². The van der Waals surface area contributed by atoms with Gasteiger partial charge in [-0.2, -0.15) is 0 Å². The largest absolute Gasteiger partial charge is 0.313 e. The summed E-state index contributed by atoms with van der Waals surface area (Å²) in [6.07, 6.45) is 3.75. The normalized spacial score (nSPS) is 17.9. The van der Waals surface area contributed by atoms with Crippen molar-refractivity contribution in [2.24, 2.45) is 5.41 Å². The van der Waals surface area contributed by atoms with E-state index in [1.165, 1.54) is 23.4 Å². The van der Waals surface area contributed by atoms with Crippen molar-refractivity contribution in [2.45, 2.75) is 39.2 Å². The molecule has 1 aromatic carbocycles. The van der Waals surface area contributed by atoms with Crippen LogP contribution in [-0.4, -0.2) is 17.6 Å². The molecule has 0 aliphatic heterocycles. The molecule has 20 heavy (non-hydrogen) atoms. The topological polar surface area (TPSA) is 24.9 Å². The Balaban J connectivity index is 1.73. The Morgan fingerprint density at radius 1 is 1.30 bits per heavy atom. The number of benzene rings is 1. The van der Waals surface area contributed by atoms with Crippen LogP contribution in [0.25, 0.3) is 11.3 Å². The average Bonchev–Trinajstić information content (AvgIpc) is 3.05. The van der Waals surface area contributed by atoms with Crippen LogP contribution in [-0.2, 0) is 6.42 Å². The monoisotopic (exact) mass is 286 g/mol. The Labute approximate surface area is 125 Å². The highest BCUT2D eigenvalue weighted by molar-refractivity contribution is 7.09. The lowest BCUT2D eigenvalue weighted by atomic mass is 9.96. The summed E-state index contributed by atoms with van der Waals surface area (Å²) >= 11 is 1.79. The SMILES string of the molecule is CCNC(Cc1nc(-c2ccccc2)cs1)C1(C)CC1. The maximum absolute atomic E-state index is 4.82. The summed E-state index contributed by atoms with van der Waals surface area (Å²) in [5.74, 6) is 0. The predicted octanol–water partition coefficient (Wildman–Crippen LogP) is 4.13. The van der Waals surface area contributed by atoms with Crippen LogP contribution in [0, 0.1) is 5.41 Å². The van der Waals surface area contributed by atoms with Gasteiger partial charge in [-0.3, -0.25) is 0 Å². The molecule has 1 fully saturated rings. The molecule has 0 saturated heterocycles. The zero-order valence-corrected chi connectivity index (χ0v) is 13.0. The number of rotatable bonds is 6. The van der Waals surface area contributed by atoms with Crippen molar-refractivity contribution < 1.29 is 0 Å². The summed E-state index contributed by atoms with van der Waals surface area (Å²) in [4.78, 5) is 4.82. The van der Waals surface area contributed by atoms with E-state index in [9.17, 15) is 0 Å². The van der Waals surface area contributed by atoms with Crippen molar-refractivity contribution in [1.82, 2.24) is 10.3 Å². The van der Waals surface area contributed by atoms with Crippen molar-refractivity contribution in [3.8, 4) is 11.3 Å². The van der Waals surface area contributed by atoms with Gasteiger partial charge in [-0.05, 0) is 24.8 Å². The van der Waals surface area contributed by atoms with Crippen LogP contribution in [0.2, 0.25) is 0 Å². The zero-order valence-electron chi connectivity index (χ0n) is 12.2. The fourth-order valence-corrected chi connectivity index (χ4v) is 3.53. The highest BCUT2D eigenvalue weighted by Gasteiger charge is 2.44. The molecular formula is C17H22N2S. The molecule has 106 valence electrons. The van der Waals surface area contributed by atoms with Gasteiger partial charge in [0.2, 0.25) is 0 Å². The molecule has 1 aliphatic rings. The van der Waals surface area contributed by atoms with E-state index in [0.29, 0.717) is 11.5 Å². The van der Waals surface area contributed by atoms with Crippen LogP contribution in [0.15, 0.2) is 35.7 Å². The van der Waals surface area contributed by atoms with Crippen molar-refractivity contribution in [3.05, 3.63) is 40.7 Å². The van der Waals surface area contributed by atoms with E-state index in [2.05, 4.69) is 48.8 Å². The first-order valence-corrected chi connectivity index (χ1v) is 8.32. The predicted molar refractivity (Wildman–Crippen MR) is 86.1 cm³/mol. The van der Waals surface area contributed by atoms with E-state index in [1.807, 2.05) is 6.07 Å². The fraction of sp³-hybridized carbons (Fsp3) is 0.471. The second kappa shape index (κ2) is 5.66. The van der Waals surface area contributed by atoms with Crippen LogP contribution in [0.5, 0.6) is 0 Å². The van der Waals surface area contributed by atoms with Gasteiger partial charge in [-0.1, -0.05) is 44.2 Å². The average molecular weight is 286 g/mol. The molecule has 1 atom stereocenters. The molecule has 2 nitrogen and oxygen atoms in total. The van der Waals surface area contributed by atoms with Gasteiger partial charge in [0.25, 0.3) is 0 Å². The second-order valence-electron chi connectivity index (χ2n) is 5.96. The van der Waals surface area contributed by atoms with E-state index < -0.39 is 0 Å². The molecule has 1 aromatic heterocycles. The van der Waals surface area contributed by atoms with Gasteiger partial charge in [0, 0.05) is 23.4 Å². The molecule has 1 unspecified atom stereocenters. The minimum absolute atomic E-state index is 0.495. The molecule has 1 aliphatic carbocycles. The molecule has 2 aromatic rings. The van der Waals surface area contributed by atoms with Crippen molar-refractivity contribution in [3.63, 3.8) is 0 Å². The van der Waals surface area contributed by atoms with Crippen LogP contribution in [0.4, 0.5) is 0 Å². The Kier molecular flexibility index (Phi) is 3.90. The highest BCUT2D eigenvalue weighted by Crippen LogP contribution is 2.49. The number of hydrogen-bond donors (Lipinski definition) is 1. The lowest BCUT2D eigenvalue weighted by Crippen LogP contribution is -2.37. The lowest BCUT2D eigenvalue weighted by molar-refractivity contribution is 0.360. The van der Waals surface area contributed by atoms with Crippen LogP contribution in [0.1, 0.15) is 31.7 Å². The number of likely N-dealkylation sites (N-methyl/N-ethyl adjacent to an activating group) is 1. The molecule has 1 saturated carbocycles. The third kappa shape index (κ3) is 2.94. The molecule has 0 spiro atoms. The standard InChI is InChI=1S/C17H22N2S/c1-3-18-15(17(2)9-10-17)11-16-19-14(12-20-16)13-7-5-4-6-8-13/h4-8,12,15,18H,3,9-11H2,1-2H3. The Morgan fingerprint density at radius 2 is 2.05 bits per heavy atom. The highest BCUT2D eigenvalue weighted by atomic mass is 32.1. The van der Waals surface area contributed by atoms with Gasteiger partial charge >= 0.3 is 0 Å². The van der Waals surface area contributed by atoms with Crippen LogP contribution < -0.4 is 5.32 Å². The van der Waals surface area contributed by atoms with Gasteiger partial charge in [-0.25, -0.2) is 4.98 Å². The minimum Gasteiger partial charge on any atom is -0.313 e. The number of nitrogens with zero attached hydrogens (tertiary/aromatic N) is 1.